The number of allylic oxidation sites excluding steroid dienone is 4. The van der Waals surface area contributed by atoms with E-state index in [1.54, 1.807) is 0 Å². The van der Waals surface area contributed by atoms with Crippen LogP contribution in [-0.4, -0.2) is 193 Å². The molecule has 3 aliphatic rings. The van der Waals surface area contributed by atoms with Crippen molar-refractivity contribution >= 4 is 5.91 Å². The van der Waals surface area contributed by atoms with Crippen LogP contribution in [-0.2, 0) is 33.2 Å². The molecular weight excluding hydrogens is 1350 g/mol. The van der Waals surface area contributed by atoms with Crippen molar-refractivity contribution in [3.8, 4) is 0 Å². The number of aliphatic hydroxyl groups is 11. The molecule has 626 valence electrons. The van der Waals surface area contributed by atoms with Crippen LogP contribution in [0.4, 0.5) is 0 Å². The number of unbranched alkanes of at least 4 members (excludes halogenated alkanes) is 53. The van der Waals surface area contributed by atoms with Crippen molar-refractivity contribution < 1.29 is 89.4 Å². The third-order valence-electron chi connectivity index (χ3n) is 22.5. The molecular formula is C87H165NO18. The van der Waals surface area contributed by atoms with Gasteiger partial charge in [-0.05, 0) is 44.9 Å². The Bertz CT molecular complexity index is 2000. The van der Waals surface area contributed by atoms with Crippen LogP contribution in [0.2, 0.25) is 0 Å². The fraction of sp³-hybridized carbons (Fsp3) is 0.943. The van der Waals surface area contributed by atoms with Gasteiger partial charge in [-0.1, -0.05) is 366 Å². The third-order valence-corrected chi connectivity index (χ3v) is 22.5. The summed E-state index contributed by atoms with van der Waals surface area (Å²) in [6, 6.07) is -0.886. The lowest BCUT2D eigenvalue weighted by Gasteiger charge is -2.48. The molecule has 12 N–H and O–H groups in total. The average Bonchev–Trinajstić information content (AvgIpc) is 0.779. The highest BCUT2D eigenvalue weighted by molar-refractivity contribution is 5.76. The van der Waals surface area contributed by atoms with E-state index in [0.717, 1.165) is 51.4 Å². The molecule has 0 aromatic rings. The second kappa shape index (κ2) is 67.7. The van der Waals surface area contributed by atoms with Crippen molar-refractivity contribution in [2.24, 2.45) is 0 Å². The van der Waals surface area contributed by atoms with Crippen LogP contribution in [0.25, 0.3) is 0 Å². The normalized spacial score (nSPS) is 25.7. The fourth-order valence-electron chi connectivity index (χ4n) is 15.4. The molecule has 0 spiro atoms. The van der Waals surface area contributed by atoms with Crippen LogP contribution in [0.5, 0.6) is 0 Å². The lowest BCUT2D eigenvalue weighted by Crippen LogP contribution is -2.66. The van der Waals surface area contributed by atoms with Gasteiger partial charge in [0.25, 0.3) is 0 Å². The maximum absolute atomic E-state index is 13.5. The third kappa shape index (κ3) is 46.4. The quantitative estimate of drug-likeness (QED) is 0.0199. The number of aliphatic hydroxyl groups excluding tert-OH is 11. The van der Waals surface area contributed by atoms with E-state index < -0.39 is 124 Å². The summed E-state index contributed by atoms with van der Waals surface area (Å²) in [4.78, 5) is 13.5. The second-order valence-electron chi connectivity index (χ2n) is 32.1. The van der Waals surface area contributed by atoms with E-state index >= 15 is 0 Å². The largest absolute Gasteiger partial charge is 0.394 e. The molecule has 3 saturated heterocycles. The van der Waals surface area contributed by atoms with E-state index in [2.05, 4.69) is 43.5 Å². The van der Waals surface area contributed by atoms with Gasteiger partial charge < -0.3 is 89.9 Å². The first-order valence-corrected chi connectivity index (χ1v) is 44.6. The van der Waals surface area contributed by atoms with E-state index in [4.69, 9.17) is 28.4 Å². The van der Waals surface area contributed by atoms with Crippen molar-refractivity contribution in [2.75, 3.05) is 26.4 Å². The predicted molar refractivity (Wildman–Crippen MR) is 425 cm³/mol. The summed E-state index contributed by atoms with van der Waals surface area (Å²) < 4.78 is 34.6. The first-order chi connectivity index (χ1) is 51.8. The monoisotopic (exact) mass is 1510 g/mol. The summed E-state index contributed by atoms with van der Waals surface area (Å²) >= 11 is 0. The van der Waals surface area contributed by atoms with Gasteiger partial charge in [-0.2, -0.15) is 0 Å². The van der Waals surface area contributed by atoms with Crippen LogP contribution in [0.15, 0.2) is 24.3 Å². The van der Waals surface area contributed by atoms with Gasteiger partial charge in [-0.25, -0.2) is 0 Å². The van der Waals surface area contributed by atoms with Gasteiger partial charge in [0.15, 0.2) is 18.9 Å². The summed E-state index contributed by atoms with van der Waals surface area (Å²) in [6.45, 7) is 1.86. The summed E-state index contributed by atoms with van der Waals surface area (Å²) in [7, 11) is 0. The lowest BCUT2D eigenvalue weighted by molar-refractivity contribution is -0.379. The standard InChI is InChI=1S/C87H165NO18/c1-3-5-7-9-11-13-15-17-19-21-23-25-27-29-31-32-33-34-35-36-37-38-39-41-43-45-47-49-51-53-55-57-59-61-63-65-75(93)88-70(71(92)64-62-60-58-56-54-52-50-48-46-44-42-40-30-28-26-24-22-20-18-16-14-12-10-8-6-4-2)69-101-85-81(99)78(96)83(73(67-90)103-85)106-87-82(100)79(97)84(74(68-91)104-87)105-86-80(98)77(95)76(94)72(66-89)102-86/h15,17,21,23,70-74,76-87,89-92,94-100H,3-14,16,18-20,22,24-69H2,1-2H3,(H,88,93)/b17-15-,23-21-. The Morgan fingerprint density at radius 3 is 0.962 bits per heavy atom. The average molecular weight is 1510 g/mol. The van der Waals surface area contributed by atoms with Crippen molar-refractivity contribution in [1.82, 2.24) is 5.32 Å². The Kier molecular flexibility index (Phi) is 62.9. The Balaban J connectivity index is 1.32. The Morgan fingerprint density at radius 2 is 0.623 bits per heavy atom. The lowest BCUT2D eigenvalue weighted by atomic mass is 9.96. The molecule has 3 aliphatic heterocycles. The molecule has 0 aromatic heterocycles. The first kappa shape index (κ1) is 98.5. The zero-order valence-corrected chi connectivity index (χ0v) is 67.4. The molecule has 17 unspecified atom stereocenters. The molecule has 0 saturated carbocycles. The van der Waals surface area contributed by atoms with Gasteiger partial charge in [0.1, 0.15) is 73.2 Å². The van der Waals surface area contributed by atoms with Gasteiger partial charge in [-0.3, -0.25) is 4.79 Å². The zero-order chi connectivity index (χ0) is 76.7. The number of amides is 1. The van der Waals surface area contributed by atoms with Crippen molar-refractivity contribution in [1.29, 1.82) is 0 Å². The minimum absolute atomic E-state index is 0.233. The molecule has 0 radical (unpaired) electrons. The fourth-order valence-corrected chi connectivity index (χ4v) is 15.4. The molecule has 19 nitrogen and oxygen atoms in total. The minimum atomic E-state index is -1.97. The topological polar surface area (TPSA) is 307 Å². The second-order valence-corrected chi connectivity index (χ2v) is 32.1. The maximum atomic E-state index is 13.5. The number of carbonyl (C=O) groups is 1. The van der Waals surface area contributed by atoms with E-state index in [1.807, 2.05) is 0 Å². The summed E-state index contributed by atoms with van der Waals surface area (Å²) in [5.74, 6) is -0.233. The molecule has 17 atom stereocenters. The number of carbonyl (C=O) groups excluding carboxylic acids is 1. The molecule has 19 heteroatoms. The van der Waals surface area contributed by atoms with Crippen molar-refractivity contribution in [3.63, 3.8) is 0 Å². The van der Waals surface area contributed by atoms with E-state index in [0.29, 0.717) is 12.8 Å². The molecule has 3 heterocycles. The Labute approximate surface area is 645 Å². The molecule has 3 fully saturated rings. The highest BCUT2D eigenvalue weighted by atomic mass is 16.8. The van der Waals surface area contributed by atoms with Gasteiger partial charge >= 0.3 is 0 Å². The molecule has 1 amide bonds. The van der Waals surface area contributed by atoms with Crippen LogP contribution in [0, 0.1) is 0 Å². The van der Waals surface area contributed by atoms with E-state index in [-0.39, 0.29) is 18.9 Å². The zero-order valence-electron chi connectivity index (χ0n) is 67.4. The Hall–Kier alpha value is -1.73. The number of rotatable bonds is 73. The van der Waals surface area contributed by atoms with Crippen molar-refractivity contribution in [2.45, 2.75) is 497 Å². The van der Waals surface area contributed by atoms with Gasteiger partial charge in [0.2, 0.25) is 5.91 Å². The van der Waals surface area contributed by atoms with Crippen LogP contribution in [0.3, 0.4) is 0 Å². The smallest absolute Gasteiger partial charge is 0.220 e. The number of ether oxygens (including phenoxy) is 6. The predicted octanol–water partition coefficient (Wildman–Crippen LogP) is 16.5. The summed E-state index contributed by atoms with van der Waals surface area (Å²) in [5.41, 5.74) is 0. The summed E-state index contributed by atoms with van der Waals surface area (Å²) in [5, 5.41) is 121. The van der Waals surface area contributed by atoms with Crippen LogP contribution < -0.4 is 5.32 Å². The van der Waals surface area contributed by atoms with E-state index in [1.165, 1.54) is 308 Å². The van der Waals surface area contributed by atoms with Gasteiger partial charge in [-0.15, -0.1) is 0 Å². The highest BCUT2D eigenvalue weighted by Crippen LogP contribution is 2.34. The molecule has 3 rings (SSSR count). The number of hydrogen-bond donors (Lipinski definition) is 12. The van der Waals surface area contributed by atoms with Crippen LogP contribution >= 0.6 is 0 Å². The first-order valence-electron chi connectivity index (χ1n) is 44.6. The summed E-state index contributed by atoms with van der Waals surface area (Å²) in [6.07, 6.45) is 57.1. The SMILES string of the molecule is CCCCCCC/C=C\C/C=C\CCCCCCCCCCCCCCCCCCCCCCCCCC(=O)NC(COC1OC(CO)C(OC2OC(CO)C(OC3OC(CO)C(O)C(O)C3O)C(O)C2O)C(O)C1O)C(O)CCCCCCCCCCCCCCCCCCCCCCCCCCCC. The van der Waals surface area contributed by atoms with Crippen molar-refractivity contribution in [3.05, 3.63) is 24.3 Å². The number of hydrogen-bond acceptors (Lipinski definition) is 18. The molecule has 0 aliphatic carbocycles. The van der Waals surface area contributed by atoms with Crippen LogP contribution in [0.1, 0.15) is 393 Å². The van der Waals surface area contributed by atoms with Gasteiger partial charge in [0.05, 0.1) is 38.6 Å². The van der Waals surface area contributed by atoms with E-state index in [9.17, 15) is 61.0 Å². The number of nitrogens with one attached hydrogen (secondary N) is 1. The molecule has 0 aromatic carbocycles. The molecule has 106 heavy (non-hydrogen) atoms. The highest BCUT2D eigenvalue weighted by Gasteiger charge is 2.54. The maximum Gasteiger partial charge on any atom is 0.220 e. The minimum Gasteiger partial charge on any atom is -0.394 e. The Morgan fingerprint density at radius 1 is 0.340 bits per heavy atom. The van der Waals surface area contributed by atoms with Gasteiger partial charge in [0, 0.05) is 6.42 Å². The molecule has 0 bridgehead atoms.